The van der Waals surface area contributed by atoms with E-state index >= 15 is 0 Å². The molecule has 0 bridgehead atoms. The third kappa shape index (κ3) is 4.41. The fraction of sp³-hybridized carbons (Fsp3) is 0.688. The molecule has 1 aliphatic carbocycles. The van der Waals surface area contributed by atoms with E-state index < -0.39 is 0 Å². The molecule has 1 saturated carbocycles. The van der Waals surface area contributed by atoms with Crippen molar-refractivity contribution in [1.82, 2.24) is 10.3 Å². The zero-order valence-electron chi connectivity index (χ0n) is 11.6. The van der Waals surface area contributed by atoms with Crippen molar-refractivity contribution in [3.8, 4) is 0 Å². The van der Waals surface area contributed by atoms with Crippen molar-refractivity contribution in [2.24, 2.45) is 5.92 Å². The van der Waals surface area contributed by atoms with E-state index in [0.717, 1.165) is 18.4 Å². The van der Waals surface area contributed by atoms with Crippen LogP contribution in [0.25, 0.3) is 0 Å². The monoisotopic (exact) mass is 246 g/mol. The van der Waals surface area contributed by atoms with Crippen LogP contribution in [0.3, 0.4) is 0 Å². The molecule has 18 heavy (non-hydrogen) atoms. The van der Waals surface area contributed by atoms with Gasteiger partial charge in [0.05, 0.1) is 0 Å². The van der Waals surface area contributed by atoms with E-state index in [0.29, 0.717) is 0 Å². The molecular weight excluding hydrogens is 220 g/mol. The Balaban J connectivity index is 1.86. The average Bonchev–Trinajstić information content (AvgIpc) is 2.63. The molecule has 2 nitrogen and oxygen atoms in total. The van der Waals surface area contributed by atoms with Gasteiger partial charge in [-0.1, -0.05) is 32.3 Å². The molecule has 1 aromatic rings. The van der Waals surface area contributed by atoms with Gasteiger partial charge in [-0.2, -0.15) is 0 Å². The number of pyridine rings is 1. The highest BCUT2D eigenvalue weighted by Crippen LogP contribution is 2.26. The van der Waals surface area contributed by atoms with E-state index in [1.807, 2.05) is 12.3 Å². The summed E-state index contributed by atoms with van der Waals surface area (Å²) in [6.07, 6.45) is 11.2. The van der Waals surface area contributed by atoms with Gasteiger partial charge in [0.2, 0.25) is 0 Å². The van der Waals surface area contributed by atoms with Gasteiger partial charge < -0.3 is 5.32 Å². The summed E-state index contributed by atoms with van der Waals surface area (Å²) >= 11 is 0. The molecule has 100 valence electrons. The van der Waals surface area contributed by atoms with Crippen LogP contribution in [0.5, 0.6) is 0 Å². The lowest BCUT2D eigenvalue weighted by Gasteiger charge is -2.20. The molecule has 0 amide bonds. The van der Waals surface area contributed by atoms with Crippen LogP contribution < -0.4 is 5.32 Å². The molecule has 0 radical (unpaired) electrons. The number of aromatic nitrogens is 1. The topological polar surface area (TPSA) is 24.9 Å². The van der Waals surface area contributed by atoms with Gasteiger partial charge in [0.25, 0.3) is 0 Å². The van der Waals surface area contributed by atoms with E-state index in [-0.39, 0.29) is 0 Å². The summed E-state index contributed by atoms with van der Waals surface area (Å²) in [4.78, 5) is 4.47. The maximum absolute atomic E-state index is 4.47. The van der Waals surface area contributed by atoms with Crippen molar-refractivity contribution in [2.45, 2.75) is 57.9 Å². The van der Waals surface area contributed by atoms with Crippen molar-refractivity contribution in [3.05, 3.63) is 30.1 Å². The second-order valence-corrected chi connectivity index (χ2v) is 5.56. The molecule has 0 spiro atoms. The first-order valence-corrected chi connectivity index (χ1v) is 7.51. The Morgan fingerprint density at radius 2 is 2.17 bits per heavy atom. The molecule has 1 aliphatic rings. The molecule has 0 aromatic carbocycles. The second-order valence-electron chi connectivity index (χ2n) is 5.56. The zero-order valence-corrected chi connectivity index (χ0v) is 11.6. The van der Waals surface area contributed by atoms with E-state index in [4.69, 9.17) is 0 Å². The lowest BCUT2D eigenvalue weighted by Crippen LogP contribution is -2.31. The smallest absolute Gasteiger partial charge is 0.0406 e. The number of nitrogens with zero attached hydrogens (tertiary/aromatic N) is 1. The van der Waals surface area contributed by atoms with Gasteiger partial charge in [-0.05, 0) is 50.3 Å². The lowest BCUT2D eigenvalue weighted by molar-refractivity contribution is 0.382. The number of rotatable bonds is 5. The minimum Gasteiger partial charge on any atom is -0.314 e. The van der Waals surface area contributed by atoms with Crippen molar-refractivity contribution < 1.29 is 0 Å². The molecule has 0 saturated heterocycles. The van der Waals surface area contributed by atoms with E-state index in [9.17, 15) is 0 Å². The maximum atomic E-state index is 4.47. The summed E-state index contributed by atoms with van der Waals surface area (Å²) < 4.78 is 0. The van der Waals surface area contributed by atoms with Crippen molar-refractivity contribution in [2.75, 3.05) is 6.54 Å². The number of hydrogen-bond acceptors (Lipinski definition) is 2. The van der Waals surface area contributed by atoms with Crippen LogP contribution in [-0.4, -0.2) is 17.6 Å². The van der Waals surface area contributed by atoms with Crippen LogP contribution in [0.1, 0.15) is 51.1 Å². The number of nitrogens with one attached hydrogen (secondary N) is 1. The third-order valence-electron chi connectivity index (χ3n) is 3.94. The molecule has 0 aliphatic heterocycles. The minimum atomic E-state index is 0.737. The molecule has 2 heteroatoms. The Morgan fingerprint density at radius 1 is 1.28 bits per heavy atom. The van der Waals surface area contributed by atoms with Gasteiger partial charge in [-0.25, -0.2) is 0 Å². The standard InChI is InChI=1S/C16H26N2/c1-2-10-17-15-8-4-3-7-14(12-15)13-16-9-5-6-11-18-16/h5-6,9,11,14-15,17H,2-4,7-8,10,12-13H2,1H3. The molecule has 2 unspecified atom stereocenters. The highest BCUT2D eigenvalue weighted by atomic mass is 14.9. The first-order valence-electron chi connectivity index (χ1n) is 7.51. The second kappa shape index (κ2) is 7.52. The van der Waals surface area contributed by atoms with Crippen LogP contribution in [0.2, 0.25) is 0 Å². The highest BCUT2D eigenvalue weighted by Gasteiger charge is 2.20. The summed E-state index contributed by atoms with van der Waals surface area (Å²) in [6.45, 7) is 3.41. The summed E-state index contributed by atoms with van der Waals surface area (Å²) in [7, 11) is 0. The van der Waals surface area contributed by atoms with Gasteiger partial charge in [0, 0.05) is 17.9 Å². The van der Waals surface area contributed by atoms with Crippen LogP contribution >= 0.6 is 0 Å². The first-order chi connectivity index (χ1) is 8.88. The fourth-order valence-corrected chi connectivity index (χ4v) is 3.00. The van der Waals surface area contributed by atoms with Crippen LogP contribution in [0.15, 0.2) is 24.4 Å². The molecule has 2 rings (SSSR count). The first kappa shape index (κ1) is 13.5. The molecule has 2 atom stereocenters. The summed E-state index contributed by atoms with van der Waals surface area (Å²) in [6, 6.07) is 7.01. The van der Waals surface area contributed by atoms with Crippen molar-refractivity contribution >= 4 is 0 Å². The Morgan fingerprint density at radius 3 is 2.94 bits per heavy atom. The minimum absolute atomic E-state index is 0.737. The highest BCUT2D eigenvalue weighted by molar-refractivity contribution is 5.04. The maximum Gasteiger partial charge on any atom is 0.0406 e. The zero-order chi connectivity index (χ0) is 12.6. The summed E-state index contributed by atoms with van der Waals surface area (Å²) in [5.74, 6) is 0.816. The van der Waals surface area contributed by atoms with E-state index in [1.54, 1.807) is 0 Å². The molecule has 1 N–H and O–H groups in total. The van der Waals surface area contributed by atoms with Crippen LogP contribution in [-0.2, 0) is 6.42 Å². The summed E-state index contributed by atoms with van der Waals surface area (Å²) in [5, 5.41) is 3.71. The van der Waals surface area contributed by atoms with Crippen molar-refractivity contribution in [1.29, 1.82) is 0 Å². The quantitative estimate of drug-likeness (QED) is 0.803. The van der Waals surface area contributed by atoms with E-state index in [2.05, 4.69) is 29.4 Å². The molecule has 1 fully saturated rings. The SMILES string of the molecule is CCCNC1CCCCC(Cc2ccccn2)C1. The van der Waals surface area contributed by atoms with E-state index in [1.165, 1.54) is 50.8 Å². The Hall–Kier alpha value is -0.890. The molecular formula is C16H26N2. The predicted molar refractivity (Wildman–Crippen MR) is 76.6 cm³/mol. The Kier molecular flexibility index (Phi) is 5.66. The fourth-order valence-electron chi connectivity index (χ4n) is 3.00. The number of hydrogen-bond donors (Lipinski definition) is 1. The average molecular weight is 246 g/mol. The van der Waals surface area contributed by atoms with Crippen LogP contribution in [0, 0.1) is 5.92 Å². The van der Waals surface area contributed by atoms with Gasteiger partial charge in [-0.3, -0.25) is 4.98 Å². The van der Waals surface area contributed by atoms with Gasteiger partial charge in [-0.15, -0.1) is 0 Å². The van der Waals surface area contributed by atoms with Gasteiger partial charge in [0.1, 0.15) is 0 Å². The third-order valence-corrected chi connectivity index (χ3v) is 3.94. The summed E-state index contributed by atoms with van der Waals surface area (Å²) in [5.41, 5.74) is 1.26. The molecule has 1 heterocycles. The normalized spacial score (nSPS) is 24.7. The van der Waals surface area contributed by atoms with Gasteiger partial charge >= 0.3 is 0 Å². The largest absolute Gasteiger partial charge is 0.314 e. The molecule has 1 aromatic heterocycles. The predicted octanol–water partition coefficient (Wildman–Crippen LogP) is 3.57. The Bertz CT molecular complexity index is 323. The van der Waals surface area contributed by atoms with Crippen LogP contribution in [0.4, 0.5) is 0 Å². The van der Waals surface area contributed by atoms with Gasteiger partial charge in [0.15, 0.2) is 0 Å². The van der Waals surface area contributed by atoms with Crippen molar-refractivity contribution in [3.63, 3.8) is 0 Å². The lowest BCUT2D eigenvalue weighted by atomic mass is 9.93. The Labute approximate surface area is 111 Å².